The number of amides is 1. The number of benzene rings is 1. The highest BCUT2D eigenvalue weighted by Crippen LogP contribution is 2.55. The fraction of sp³-hybridized carbons (Fsp3) is 0.462. The van der Waals surface area contributed by atoms with Gasteiger partial charge in [-0.3, -0.25) is 4.79 Å². The number of nitrogens with one attached hydrogen (secondary N) is 1. The number of nitrogen functional groups attached to an aromatic ring is 1. The van der Waals surface area contributed by atoms with Crippen LogP contribution in [0.15, 0.2) is 24.3 Å². The van der Waals surface area contributed by atoms with Crippen molar-refractivity contribution in [3.8, 4) is 0 Å². The lowest BCUT2D eigenvalue weighted by molar-refractivity contribution is -0.118. The van der Waals surface area contributed by atoms with Gasteiger partial charge in [0.05, 0.1) is 11.4 Å². The molecule has 1 aliphatic carbocycles. The summed E-state index contributed by atoms with van der Waals surface area (Å²) < 4.78 is 0. The number of halogens is 1. The highest BCUT2D eigenvalue weighted by molar-refractivity contribution is 5.97. The smallest absolute Gasteiger partial charge is 0.228 e. The number of hydrogen-bond acceptors (Lipinski definition) is 2. The van der Waals surface area contributed by atoms with E-state index in [2.05, 4.69) is 19.2 Å². The molecule has 0 bridgehead atoms. The molecule has 1 saturated carbocycles. The molecule has 1 aromatic rings. The molecule has 1 fully saturated rings. The molecule has 0 saturated heterocycles. The summed E-state index contributed by atoms with van der Waals surface area (Å²) in [6.45, 7) is 4.29. The molecule has 4 heteroatoms. The van der Waals surface area contributed by atoms with Gasteiger partial charge in [-0.05, 0) is 30.4 Å². The van der Waals surface area contributed by atoms with Crippen LogP contribution in [0.1, 0.15) is 26.7 Å². The Morgan fingerprint density at radius 2 is 2.18 bits per heavy atom. The zero-order chi connectivity index (χ0) is 11.8. The van der Waals surface area contributed by atoms with Gasteiger partial charge >= 0.3 is 0 Å². The van der Waals surface area contributed by atoms with Crippen LogP contribution in [0.3, 0.4) is 0 Å². The number of anilines is 2. The lowest BCUT2D eigenvalue weighted by Gasteiger charge is -2.10. The number of rotatable bonds is 3. The number of carbonyl (C=O) groups is 1. The number of para-hydroxylation sites is 2. The Hall–Kier alpha value is -1.22. The maximum absolute atomic E-state index is 11.9. The first-order chi connectivity index (χ1) is 7.57. The minimum Gasteiger partial charge on any atom is -0.397 e. The van der Waals surface area contributed by atoms with Gasteiger partial charge in [0.15, 0.2) is 0 Å². The molecule has 3 nitrogen and oxygen atoms in total. The molecule has 0 radical (unpaired) electrons. The predicted molar refractivity (Wildman–Crippen MR) is 73.2 cm³/mol. The van der Waals surface area contributed by atoms with Crippen molar-refractivity contribution in [3.63, 3.8) is 0 Å². The van der Waals surface area contributed by atoms with Gasteiger partial charge in [-0.15, -0.1) is 12.4 Å². The van der Waals surface area contributed by atoms with Crippen molar-refractivity contribution >= 4 is 29.7 Å². The van der Waals surface area contributed by atoms with E-state index in [0.717, 1.165) is 18.5 Å². The highest BCUT2D eigenvalue weighted by atomic mass is 35.5. The molecule has 2 unspecified atom stereocenters. The van der Waals surface area contributed by atoms with Gasteiger partial charge in [-0.25, -0.2) is 0 Å². The van der Waals surface area contributed by atoms with Crippen molar-refractivity contribution in [1.29, 1.82) is 0 Å². The minimum atomic E-state index is 0. The Bertz CT molecular complexity index is 422. The molecule has 3 N–H and O–H groups in total. The molecule has 0 aromatic heterocycles. The minimum absolute atomic E-state index is 0. The Morgan fingerprint density at radius 1 is 1.53 bits per heavy atom. The van der Waals surface area contributed by atoms with E-state index in [-0.39, 0.29) is 29.6 Å². The van der Waals surface area contributed by atoms with Gasteiger partial charge in [0.1, 0.15) is 0 Å². The van der Waals surface area contributed by atoms with Crippen LogP contribution in [-0.2, 0) is 4.79 Å². The fourth-order valence-electron chi connectivity index (χ4n) is 2.04. The summed E-state index contributed by atoms with van der Waals surface area (Å²) >= 11 is 0. The van der Waals surface area contributed by atoms with Crippen molar-refractivity contribution in [2.45, 2.75) is 26.7 Å². The molecule has 1 aromatic carbocycles. The maximum atomic E-state index is 11.9. The average molecular weight is 255 g/mol. The van der Waals surface area contributed by atoms with Gasteiger partial charge in [0, 0.05) is 5.92 Å². The van der Waals surface area contributed by atoms with Crippen molar-refractivity contribution in [3.05, 3.63) is 24.3 Å². The van der Waals surface area contributed by atoms with E-state index in [1.807, 2.05) is 18.2 Å². The summed E-state index contributed by atoms with van der Waals surface area (Å²) in [6, 6.07) is 7.36. The molecule has 2 rings (SSSR count). The van der Waals surface area contributed by atoms with Crippen LogP contribution in [0.4, 0.5) is 11.4 Å². The van der Waals surface area contributed by atoms with Gasteiger partial charge in [0.2, 0.25) is 5.91 Å². The van der Waals surface area contributed by atoms with E-state index in [9.17, 15) is 4.79 Å². The summed E-state index contributed by atoms with van der Waals surface area (Å²) in [4.78, 5) is 11.9. The molecule has 2 atom stereocenters. The van der Waals surface area contributed by atoms with Crippen LogP contribution >= 0.6 is 12.4 Å². The zero-order valence-corrected chi connectivity index (χ0v) is 11.0. The van der Waals surface area contributed by atoms with Crippen LogP contribution in [-0.4, -0.2) is 5.91 Å². The molecule has 1 aliphatic rings. The van der Waals surface area contributed by atoms with Crippen molar-refractivity contribution in [1.82, 2.24) is 0 Å². The molecule has 1 amide bonds. The summed E-state index contributed by atoms with van der Waals surface area (Å²) in [5, 5.41) is 2.90. The van der Waals surface area contributed by atoms with Crippen LogP contribution in [0.25, 0.3) is 0 Å². The molecule has 0 aliphatic heterocycles. The van der Waals surface area contributed by atoms with E-state index in [4.69, 9.17) is 5.73 Å². The van der Waals surface area contributed by atoms with Gasteiger partial charge in [-0.1, -0.05) is 26.0 Å². The SMILES string of the molecule is CCC1(C)CC1C(=O)Nc1ccccc1N.Cl. The second kappa shape index (κ2) is 4.96. The first kappa shape index (κ1) is 13.8. The van der Waals surface area contributed by atoms with Crippen LogP contribution in [0.2, 0.25) is 0 Å². The van der Waals surface area contributed by atoms with Crippen LogP contribution < -0.4 is 11.1 Å². The van der Waals surface area contributed by atoms with Crippen LogP contribution in [0.5, 0.6) is 0 Å². The Morgan fingerprint density at radius 3 is 2.71 bits per heavy atom. The third-order valence-corrected chi connectivity index (χ3v) is 3.69. The van der Waals surface area contributed by atoms with E-state index < -0.39 is 0 Å². The Kier molecular flexibility index (Phi) is 4.04. The Labute approximate surface area is 108 Å². The molecule has 17 heavy (non-hydrogen) atoms. The monoisotopic (exact) mass is 254 g/mol. The molecular formula is C13H19ClN2O. The second-order valence-electron chi connectivity index (χ2n) is 4.84. The fourth-order valence-corrected chi connectivity index (χ4v) is 2.04. The van der Waals surface area contributed by atoms with E-state index >= 15 is 0 Å². The van der Waals surface area contributed by atoms with E-state index in [1.54, 1.807) is 6.07 Å². The summed E-state index contributed by atoms with van der Waals surface area (Å²) in [5.74, 6) is 0.249. The molecule has 94 valence electrons. The third-order valence-electron chi connectivity index (χ3n) is 3.69. The zero-order valence-electron chi connectivity index (χ0n) is 10.2. The van der Waals surface area contributed by atoms with E-state index in [1.165, 1.54) is 0 Å². The van der Waals surface area contributed by atoms with Gasteiger partial charge in [0.25, 0.3) is 0 Å². The lowest BCUT2D eigenvalue weighted by atomic mass is 10.0. The van der Waals surface area contributed by atoms with Crippen molar-refractivity contribution < 1.29 is 4.79 Å². The first-order valence-electron chi connectivity index (χ1n) is 5.72. The average Bonchev–Trinajstić information content (AvgIpc) is 2.95. The number of nitrogens with two attached hydrogens (primary N) is 1. The summed E-state index contributed by atoms with van der Waals surface area (Å²) in [5.41, 5.74) is 7.32. The largest absolute Gasteiger partial charge is 0.397 e. The van der Waals surface area contributed by atoms with Gasteiger partial charge in [-0.2, -0.15) is 0 Å². The molecular weight excluding hydrogens is 236 g/mol. The maximum Gasteiger partial charge on any atom is 0.228 e. The summed E-state index contributed by atoms with van der Waals surface area (Å²) in [6.07, 6.45) is 2.04. The molecule has 0 heterocycles. The number of carbonyl (C=O) groups excluding carboxylic acids is 1. The first-order valence-corrected chi connectivity index (χ1v) is 5.72. The van der Waals surface area contributed by atoms with Crippen molar-refractivity contribution in [2.75, 3.05) is 11.1 Å². The highest BCUT2D eigenvalue weighted by Gasteiger charge is 2.52. The van der Waals surface area contributed by atoms with Gasteiger partial charge < -0.3 is 11.1 Å². The molecule has 0 spiro atoms. The Balaban J connectivity index is 0.00000144. The standard InChI is InChI=1S/C13H18N2O.ClH/c1-3-13(2)8-9(13)12(16)15-11-7-5-4-6-10(11)14;/h4-7,9H,3,8,14H2,1-2H3,(H,15,16);1H. The summed E-state index contributed by atoms with van der Waals surface area (Å²) in [7, 11) is 0. The lowest BCUT2D eigenvalue weighted by Crippen LogP contribution is -2.18. The normalized spacial score (nSPS) is 25.9. The van der Waals surface area contributed by atoms with E-state index in [0.29, 0.717) is 5.69 Å². The predicted octanol–water partition coefficient (Wildman–Crippen LogP) is 3.07. The topological polar surface area (TPSA) is 55.1 Å². The second-order valence-corrected chi connectivity index (χ2v) is 4.84. The quantitative estimate of drug-likeness (QED) is 0.815. The number of hydrogen-bond donors (Lipinski definition) is 2. The van der Waals surface area contributed by atoms with Crippen molar-refractivity contribution in [2.24, 2.45) is 11.3 Å². The van der Waals surface area contributed by atoms with Crippen LogP contribution in [0, 0.1) is 11.3 Å². The third kappa shape index (κ3) is 2.72.